The number of likely N-dealkylation sites (N-methyl/N-ethyl adjacent to an activating group) is 1. The fourth-order valence-corrected chi connectivity index (χ4v) is 10.2. The molecule has 7 N–H and O–H groups in total. The van der Waals surface area contributed by atoms with Crippen molar-refractivity contribution < 1.29 is 73.5 Å². The van der Waals surface area contributed by atoms with Crippen LogP contribution in [0.4, 0.5) is 0 Å². The summed E-state index contributed by atoms with van der Waals surface area (Å²) in [6, 6.07) is -1.07. The highest BCUT2D eigenvalue weighted by Gasteiger charge is 2.51. The Morgan fingerprint density at radius 3 is 2.23 bits per heavy atom. The van der Waals surface area contributed by atoms with Gasteiger partial charge in [0.05, 0.1) is 35.1 Å². The highest BCUT2D eigenvalue weighted by atomic mass is 16.7. The number of nitrogens with one attached hydrogen (secondary N) is 1. The summed E-state index contributed by atoms with van der Waals surface area (Å²) in [5.74, 6) is -2.86. The monoisotopic (exact) mass is 917 g/mol. The molecule has 0 radical (unpaired) electrons. The summed E-state index contributed by atoms with van der Waals surface area (Å²) in [4.78, 5) is 44.6. The van der Waals surface area contributed by atoms with E-state index in [-0.39, 0.29) is 55.3 Å². The van der Waals surface area contributed by atoms with E-state index in [0.717, 1.165) is 0 Å². The highest BCUT2D eigenvalue weighted by molar-refractivity contribution is 5.88. The SMILES string of the molecule is CC[C@H]1OC(=O)C(C)=C(O[C@H]2C[C@@](C)(OC)[C@@H](O)[C@H](C)O2)[C@H](C)[C@@H](O[C@@H]2O[C@H](C)CC(N3CCCN(C(=O)CCC(=O)NO)CC3)[C@H]2O)[C@](C)(O)C[C@@H](C)CN(C)[C@H](C)[C@@H](O)[C@]1(C)O. The van der Waals surface area contributed by atoms with Gasteiger partial charge in [-0.25, -0.2) is 10.3 Å². The number of hydroxylamine groups is 1. The van der Waals surface area contributed by atoms with Crippen LogP contribution in [0.25, 0.3) is 0 Å². The highest BCUT2D eigenvalue weighted by Crippen LogP contribution is 2.40. The number of hydrogen-bond donors (Lipinski definition) is 7. The first-order valence-electron chi connectivity index (χ1n) is 23.0. The zero-order valence-electron chi connectivity index (χ0n) is 40.2. The van der Waals surface area contributed by atoms with Gasteiger partial charge in [-0.2, -0.15) is 0 Å². The molecule has 4 aliphatic rings. The molecule has 2 amide bonds. The Labute approximate surface area is 379 Å². The van der Waals surface area contributed by atoms with E-state index in [0.29, 0.717) is 45.6 Å². The normalized spacial score (nSPS) is 41.9. The van der Waals surface area contributed by atoms with Gasteiger partial charge < -0.3 is 63.8 Å². The van der Waals surface area contributed by atoms with Crippen molar-refractivity contribution in [2.24, 2.45) is 11.8 Å². The molecule has 1 unspecified atom stereocenters. The van der Waals surface area contributed by atoms with Gasteiger partial charge in [-0.3, -0.25) is 19.7 Å². The maximum Gasteiger partial charge on any atom is 0.337 e. The van der Waals surface area contributed by atoms with Gasteiger partial charge in [-0.1, -0.05) is 20.8 Å². The Bertz CT molecular complexity index is 1600. The lowest BCUT2D eigenvalue weighted by molar-refractivity contribution is -0.299. The molecular weight excluding hydrogens is 837 g/mol. The average molecular weight is 917 g/mol. The molecule has 0 aliphatic carbocycles. The smallest absolute Gasteiger partial charge is 0.337 e. The van der Waals surface area contributed by atoms with Crippen LogP contribution < -0.4 is 5.48 Å². The fourth-order valence-electron chi connectivity index (χ4n) is 10.2. The van der Waals surface area contributed by atoms with Crippen LogP contribution in [-0.2, 0) is 42.8 Å². The minimum atomic E-state index is -1.87. The summed E-state index contributed by atoms with van der Waals surface area (Å²) >= 11 is 0. The van der Waals surface area contributed by atoms with Gasteiger partial charge >= 0.3 is 5.97 Å². The average Bonchev–Trinajstić information content (AvgIpc) is 3.50. The molecule has 3 saturated heterocycles. The third kappa shape index (κ3) is 12.7. The van der Waals surface area contributed by atoms with E-state index in [2.05, 4.69) is 4.90 Å². The lowest BCUT2D eigenvalue weighted by Crippen LogP contribution is -2.60. The maximum absolute atomic E-state index is 14.4. The molecular formula is C45H80N4O15. The Kier molecular flexibility index (Phi) is 19.0. The quantitative estimate of drug-likeness (QED) is 0.0931. The molecule has 0 saturated carbocycles. The third-order valence-electron chi connectivity index (χ3n) is 14.2. The second kappa shape index (κ2) is 22.5. The molecule has 0 spiro atoms. The number of cyclic esters (lactones) is 1. The molecule has 19 heteroatoms. The van der Waals surface area contributed by atoms with E-state index >= 15 is 0 Å². The largest absolute Gasteiger partial charge is 0.468 e. The van der Waals surface area contributed by atoms with Crippen molar-refractivity contribution in [3.63, 3.8) is 0 Å². The van der Waals surface area contributed by atoms with Crippen LogP contribution in [0.15, 0.2) is 11.3 Å². The summed E-state index contributed by atoms with van der Waals surface area (Å²) in [5.41, 5.74) is -3.12. The Hall–Kier alpha value is -2.53. The summed E-state index contributed by atoms with van der Waals surface area (Å²) in [5, 5.41) is 68.2. The Balaban J connectivity index is 1.77. The molecule has 4 aliphatic heterocycles. The summed E-state index contributed by atoms with van der Waals surface area (Å²) in [6.45, 7) is 19.2. The van der Waals surface area contributed by atoms with Gasteiger partial charge in [0.15, 0.2) is 6.29 Å². The molecule has 0 aromatic heterocycles. The van der Waals surface area contributed by atoms with Crippen molar-refractivity contribution in [1.29, 1.82) is 0 Å². The van der Waals surface area contributed by atoms with Gasteiger partial charge in [0.1, 0.15) is 35.8 Å². The minimum absolute atomic E-state index is 0.0211. The van der Waals surface area contributed by atoms with Gasteiger partial charge in [0, 0.05) is 77.1 Å². The van der Waals surface area contributed by atoms with Crippen molar-refractivity contribution in [1.82, 2.24) is 20.2 Å². The summed E-state index contributed by atoms with van der Waals surface area (Å²) in [7, 11) is 3.29. The fraction of sp³-hybridized carbons (Fsp3) is 0.889. The third-order valence-corrected chi connectivity index (χ3v) is 14.2. The van der Waals surface area contributed by atoms with Gasteiger partial charge in [-0.05, 0) is 87.1 Å². The number of aliphatic hydroxyl groups excluding tert-OH is 3. The number of aliphatic hydroxyl groups is 5. The standard InChI is InChI=1S/C45H80N4O15/c1-13-32-45(10,57)38(53)29(6)47(11)24-25(2)22-43(8,56)40(27(4)37(28(5)41(55)62-32)63-35-23-44(9,59-12)39(54)30(7)61-35)64-42-36(52)31(21-26(3)60-42)48-17-14-18-49(20-19-48)34(51)16-15-33(50)46-58/h25-27,29-32,35-36,38-40,42,52-54,56-58H,13-24H2,1-12H3,(H,46,50)/t25-,26-,27+,29-,30+,31?,32-,35+,36-,38-,39+,40-,42+,43-,44-,45-/m1/s1. The number of hydrogen-bond acceptors (Lipinski definition) is 17. The van der Waals surface area contributed by atoms with Gasteiger partial charge in [0.2, 0.25) is 18.1 Å². The van der Waals surface area contributed by atoms with E-state index in [9.17, 15) is 39.9 Å². The first-order valence-corrected chi connectivity index (χ1v) is 23.0. The molecule has 16 atom stereocenters. The number of carbonyl (C=O) groups excluding carboxylic acids is 3. The zero-order chi connectivity index (χ0) is 48.1. The number of methoxy groups -OCH3 is 1. The molecule has 0 aromatic rings. The van der Waals surface area contributed by atoms with Crippen LogP contribution in [0.2, 0.25) is 0 Å². The Morgan fingerprint density at radius 1 is 0.938 bits per heavy atom. The molecule has 370 valence electrons. The number of esters is 1. The van der Waals surface area contributed by atoms with Gasteiger partial charge in [0.25, 0.3) is 0 Å². The summed E-state index contributed by atoms with van der Waals surface area (Å²) < 4.78 is 37.8. The second-order valence-corrected chi connectivity index (χ2v) is 19.6. The van der Waals surface area contributed by atoms with Crippen LogP contribution >= 0.6 is 0 Å². The minimum Gasteiger partial charge on any atom is -0.468 e. The molecule has 3 fully saturated rings. The van der Waals surface area contributed by atoms with E-state index in [1.807, 2.05) is 25.8 Å². The number of amides is 2. The predicted molar refractivity (Wildman–Crippen MR) is 232 cm³/mol. The van der Waals surface area contributed by atoms with Crippen LogP contribution in [0.3, 0.4) is 0 Å². The van der Waals surface area contributed by atoms with Crippen molar-refractivity contribution in [2.75, 3.05) is 46.9 Å². The number of carbonyl (C=O) groups is 3. The molecule has 0 bridgehead atoms. The lowest BCUT2D eigenvalue weighted by Gasteiger charge is -2.47. The van der Waals surface area contributed by atoms with Crippen LogP contribution in [0.1, 0.15) is 114 Å². The van der Waals surface area contributed by atoms with Crippen molar-refractivity contribution in [2.45, 2.75) is 198 Å². The molecule has 0 aromatic carbocycles. The van der Waals surface area contributed by atoms with Gasteiger partial charge in [-0.15, -0.1) is 0 Å². The van der Waals surface area contributed by atoms with Crippen LogP contribution in [-0.4, -0.2) is 194 Å². The Morgan fingerprint density at radius 2 is 1.61 bits per heavy atom. The van der Waals surface area contributed by atoms with E-state index in [4.69, 9.17) is 33.6 Å². The van der Waals surface area contributed by atoms with Crippen LogP contribution in [0.5, 0.6) is 0 Å². The molecule has 64 heavy (non-hydrogen) atoms. The lowest BCUT2D eigenvalue weighted by atomic mass is 9.80. The van der Waals surface area contributed by atoms with Crippen LogP contribution in [0, 0.1) is 11.8 Å². The number of rotatable bonds is 10. The number of ether oxygens (including phenoxy) is 6. The first-order chi connectivity index (χ1) is 29.8. The van der Waals surface area contributed by atoms with E-state index < -0.39 is 102 Å². The molecule has 19 nitrogen and oxygen atoms in total. The molecule has 4 heterocycles. The first kappa shape index (κ1) is 54.1. The number of nitrogens with zero attached hydrogens (tertiary/aromatic N) is 3. The molecule has 4 rings (SSSR count). The predicted octanol–water partition coefficient (Wildman–Crippen LogP) is 1.43. The maximum atomic E-state index is 14.4. The van der Waals surface area contributed by atoms with Crippen molar-refractivity contribution >= 4 is 17.8 Å². The van der Waals surface area contributed by atoms with E-state index in [1.165, 1.54) is 21.0 Å². The topological polar surface area (TPSA) is 250 Å². The second-order valence-electron chi connectivity index (χ2n) is 19.6. The zero-order valence-corrected chi connectivity index (χ0v) is 40.2. The van der Waals surface area contributed by atoms with Crippen molar-refractivity contribution in [3.05, 3.63) is 11.3 Å². The van der Waals surface area contributed by atoms with E-state index in [1.54, 1.807) is 51.9 Å². The summed E-state index contributed by atoms with van der Waals surface area (Å²) in [6.07, 6.45) is -8.19. The van der Waals surface area contributed by atoms with Crippen molar-refractivity contribution in [3.8, 4) is 0 Å².